The highest BCUT2D eigenvalue weighted by Crippen LogP contribution is 2.43. The van der Waals surface area contributed by atoms with Crippen LogP contribution in [0.1, 0.15) is 19.3 Å². The van der Waals surface area contributed by atoms with Gasteiger partial charge in [-0.15, -0.1) is 0 Å². The third kappa shape index (κ3) is 2.58. The van der Waals surface area contributed by atoms with Gasteiger partial charge < -0.3 is 4.74 Å². The number of rotatable bonds is 5. The fourth-order valence-corrected chi connectivity index (χ4v) is 3.20. The summed E-state index contributed by atoms with van der Waals surface area (Å²) >= 11 is 4.43. The molecular formula is C16H17NO3S. The Morgan fingerprint density at radius 2 is 1.90 bits per heavy atom. The second-order valence-corrected chi connectivity index (χ2v) is 6.00. The summed E-state index contributed by atoms with van der Waals surface area (Å²) < 4.78 is 5.98. The number of hydrogen-bond donors (Lipinski definition) is 1. The molecule has 3 rings (SSSR count). The molecule has 4 nitrogen and oxygen atoms in total. The van der Waals surface area contributed by atoms with Crippen LogP contribution in [0.3, 0.4) is 0 Å². The van der Waals surface area contributed by atoms with Gasteiger partial charge in [0.05, 0.1) is 16.9 Å². The van der Waals surface area contributed by atoms with Crippen LogP contribution < -0.4 is 4.74 Å². The number of benzene rings is 2. The van der Waals surface area contributed by atoms with Crippen LogP contribution in [0, 0.1) is 15.5 Å². The van der Waals surface area contributed by atoms with E-state index < -0.39 is 0 Å². The average molecular weight is 303 g/mol. The Kier molecular flexibility index (Phi) is 3.76. The first kappa shape index (κ1) is 14.2. The lowest BCUT2D eigenvalue weighted by Gasteiger charge is -2.40. The third-order valence-corrected chi connectivity index (χ3v) is 5.01. The van der Waals surface area contributed by atoms with Crippen molar-refractivity contribution in [1.29, 1.82) is 0 Å². The van der Waals surface area contributed by atoms with Crippen molar-refractivity contribution < 1.29 is 9.66 Å². The van der Waals surface area contributed by atoms with Crippen LogP contribution in [0.25, 0.3) is 10.8 Å². The summed E-state index contributed by atoms with van der Waals surface area (Å²) in [4.78, 5) is 10.7. The fourth-order valence-electron chi connectivity index (χ4n) is 2.80. The second-order valence-electron chi connectivity index (χ2n) is 5.69. The molecule has 0 aliphatic heterocycles. The molecular weight excluding hydrogens is 286 g/mol. The molecule has 1 aliphatic rings. The highest BCUT2D eigenvalue weighted by atomic mass is 32.1. The molecule has 5 heteroatoms. The highest BCUT2D eigenvalue weighted by molar-refractivity contribution is 7.80. The zero-order chi connectivity index (χ0) is 14.9. The summed E-state index contributed by atoms with van der Waals surface area (Å²) in [5, 5.41) is 12.5. The van der Waals surface area contributed by atoms with Crippen molar-refractivity contribution in [3.05, 3.63) is 46.5 Å². The quantitative estimate of drug-likeness (QED) is 0.511. The Morgan fingerprint density at radius 1 is 1.19 bits per heavy atom. The second kappa shape index (κ2) is 5.56. The van der Waals surface area contributed by atoms with Crippen molar-refractivity contribution in [2.45, 2.75) is 19.3 Å². The normalized spacial score (nSPS) is 16.4. The van der Waals surface area contributed by atoms with E-state index in [4.69, 9.17) is 4.74 Å². The Labute approximate surface area is 128 Å². The van der Waals surface area contributed by atoms with Gasteiger partial charge in [-0.05, 0) is 30.7 Å². The molecule has 0 spiro atoms. The van der Waals surface area contributed by atoms with E-state index in [9.17, 15) is 10.1 Å². The molecule has 21 heavy (non-hydrogen) atoms. The number of nitro benzene ring substituents is 1. The molecule has 1 saturated carbocycles. The van der Waals surface area contributed by atoms with Crippen LogP contribution >= 0.6 is 12.6 Å². The van der Waals surface area contributed by atoms with Crippen LogP contribution in [-0.2, 0) is 0 Å². The van der Waals surface area contributed by atoms with Crippen molar-refractivity contribution in [3.63, 3.8) is 0 Å². The molecule has 110 valence electrons. The van der Waals surface area contributed by atoms with Gasteiger partial charge in [0, 0.05) is 16.9 Å². The molecule has 0 bridgehead atoms. The van der Waals surface area contributed by atoms with Crippen molar-refractivity contribution >= 4 is 29.1 Å². The van der Waals surface area contributed by atoms with Crippen molar-refractivity contribution in [3.8, 4) is 5.75 Å². The van der Waals surface area contributed by atoms with Gasteiger partial charge >= 0.3 is 0 Å². The van der Waals surface area contributed by atoms with Gasteiger partial charge in [-0.1, -0.05) is 24.6 Å². The van der Waals surface area contributed by atoms with Gasteiger partial charge in [-0.25, -0.2) is 0 Å². The Balaban J connectivity index is 1.93. The molecule has 0 atom stereocenters. The van der Waals surface area contributed by atoms with Crippen molar-refractivity contribution in [2.24, 2.45) is 5.41 Å². The maximum Gasteiger partial charge on any atom is 0.277 e. The van der Waals surface area contributed by atoms with Gasteiger partial charge in [0.25, 0.3) is 5.69 Å². The van der Waals surface area contributed by atoms with Gasteiger partial charge in [0.2, 0.25) is 0 Å². The number of nitrogens with zero attached hydrogens (tertiary/aromatic N) is 1. The van der Waals surface area contributed by atoms with Crippen LogP contribution in [0.15, 0.2) is 36.4 Å². The lowest BCUT2D eigenvalue weighted by atomic mass is 9.71. The van der Waals surface area contributed by atoms with Gasteiger partial charge in [-0.2, -0.15) is 12.6 Å². The number of fused-ring (bicyclic) bond motifs is 1. The molecule has 2 aromatic carbocycles. The van der Waals surface area contributed by atoms with Crippen molar-refractivity contribution in [2.75, 3.05) is 12.4 Å². The summed E-state index contributed by atoms with van der Waals surface area (Å²) in [5.74, 6) is 1.53. The van der Waals surface area contributed by atoms with E-state index in [1.165, 1.54) is 12.5 Å². The molecule has 0 unspecified atom stereocenters. The lowest BCUT2D eigenvalue weighted by molar-refractivity contribution is -0.383. The summed E-state index contributed by atoms with van der Waals surface area (Å²) in [6.07, 6.45) is 3.51. The van der Waals surface area contributed by atoms with Crippen LogP contribution in [-0.4, -0.2) is 17.3 Å². The topological polar surface area (TPSA) is 52.4 Å². The highest BCUT2D eigenvalue weighted by Gasteiger charge is 2.36. The van der Waals surface area contributed by atoms with Crippen LogP contribution in [0.5, 0.6) is 5.75 Å². The molecule has 2 aromatic rings. The standard InChI is InChI=1S/C16H17NO3S/c18-17(19)14-6-7-15(13-5-2-1-4-12(13)14)20-10-16(11-21)8-3-9-16/h1-2,4-7,21H,3,8-11H2. The first-order valence-electron chi connectivity index (χ1n) is 7.05. The number of ether oxygens (including phenoxy) is 1. The number of hydrogen-bond acceptors (Lipinski definition) is 4. The van der Waals surface area contributed by atoms with Crippen LogP contribution in [0.4, 0.5) is 5.69 Å². The van der Waals surface area contributed by atoms with E-state index in [1.807, 2.05) is 12.1 Å². The van der Waals surface area contributed by atoms with E-state index >= 15 is 0 Å². The Morgan fingerprint density at radius 3 is 2.48 bits per heavy atom. The third-order valence-electron chi connectivity index (χ3n) is 4.34. The monoisotopic (exact) mass is 303 g/mol. The maximum atomic E-state index is 11.1. The van der Waals surface area contributed by atoms with Gasteiger partial charge in [-0.3, -0.25) is 10.1 Å². The molecule has 0 heterocycles. The van der Waals surface area contributed by atoms with Crippen LogP contribution in [0.2, 0.25) is 0 Å². The summed E-state index contributed by atoms with van der Waals surface area (Å²) in [6, 6.07) is 10.5. The largest absolute Gasteiger partial charge is 0.492 e. The fraction of sp³-hybridized carbons (Fsp3) is 0.375. The first-order chi connectivity index (χ1) is 10.2. The molecule has 0 radical (unpaired) electrons. The molecule has 1 fully saturated rings. The number of non-ortho nitro benzene ring substituents is 1. The molecule has 0 saturated heterocycles. The Bertz CT molecular complexity index is 677. The molecule has 1 aliphatic carbocycles. The smallest absolute Gasteiger partial charge is 0.277 e. The zero-order valence-corrected chi connectivity index (χ0v) is 12.5. The summed E-state index contributed by atoms with van der Waals surface area (Å²) in [5.41, 5.74) is 0.289. The average Bonchev–Trinajstić information content (AvgIpc) is 2.46. The summed E-state index contributed by atoms with van der Waals surface area (Å²) in [6.45, 7) is 0.623. The van der Waals surface area contributed by atoms with E-state index in [2.05, 4.69) is 12.6 Å². The maximum absolute atomic E-state index is 11.1. The van der Waals surface area contributed by atoms with Gasteiger partial charge in [0.15, 0.2) is 0 Å². The number of nitro groups is 1. The predicted octanol–water partition coefficient (Wildman–Crippen LogP) is 4.23. The zero-order valence-electron chi connectivity index (χ0n) is 11.6. The lowest BCUT2D eigenvalue weighted by Crippen LogP contribution is -2.37. The van der Waals surface area contributed by atoms with E-state index in [-0.39, 0.29) is 16.0 Å². The molecule has 0 aromatic heterocycles. The van der Waals surface area contributed by atoms with Gasteiger partial charge in [0.1, 0.15) is 5.75 Å². The van der Waals surface area contributed by atoms with E-state index in [0.717, 1.165) is 24.0 Å². The predicted molar refractivity (Wildman–Crippen MR) is 86.2 cm³/mol. The Hall–Kier alpha value is -1.75. The minimum Gasteiger partial charge on any atom is -0.492 e. The molecule has 0 amide bonds. The summed E-state index contributed by atoms with van der Waals surface area (Å²) in [7, 11) is 0. The number of thiol groups is 1. The van der Waals surface area contributed by atoms with Crippen molar-refractivity contribution in [1.82, 2.24) is 0 Å². The minimum absolute atomic E-state index is 0.116. The van der Waals surface area contributed by atoms with E-state index in [0.29, 0.717) is 17.7 Å². The SMILES string of the molecule is O=[N+]([O-])c1ccc(OCC2(CS)CCC2)c2ccccc12. The molecule has 0 N–H and O–H groups in total. The minimum atomic E-state index is -0.354. The first-order valence-corrected chi connectivity index (χ1v) is 7.68. The van der Waals surface area contributed by atoms with E-state index in [1.54, 1.807) is 18.2 Å².